The first-order valence-electron chi connectivity index (χ1n) is 3.38. The number of nitrogens with zero attached hydrogens (tertiary/aromatic N) is 2. The first kappa shape index (κ1) is 8.93. The number of aromatic nitrogens is 2. The monoisotopic (exact) mass is 192 g/mol. The molecule has 0 unspecified atom stereocenters. The maximum atomic E-state index is 11.7. The molecule has 0 amide bonds. The Bertz CT molecular complexity index is 214. The third-order valence-electron chi connectivity index (χ3n) is 1.07. The normalized spacial score (nSPS) is 10.4. The van der Waals surface area contributed by atoms with Crippen molar-refractivity contribution in [1.82, 2.24) is 9.36 Å². The molecule has 0 spiro atoms. The number of alkyl halides is 1. The van der Waals surface area contributed by atoms with Gasteiger partial charge >= 0.3 is 0 Å². The van der Waals surface area contributed by atoms with Crippen LogP contribution in [0.2, 0.25) is 0 Å². The highest BCUT2D eigenvalue weighted by atomic mass is 32.2. The standard InChI is InChI=1S/C6H9FN2S2/c1-2-5-8-6(11-9-5)10-4-3-7/h2-4H2,1H3. The van der Waals surface area contributed by atoms with E-state index in [2.05, 4.69) is 9.36 Å². The van der Waals surface area contributed by atoms with Gasteiger partial charge in [-0.15, -0.1) is 0 Å². The van der Waals surface area contributed by atoms with Gasteiger partial charge in [-0.3, -0.25) is 4.39 Å². The molecule has 0 aliphatic rings. The molecule has 0 N–H and O–H groups in total. The van der Waals surface area contributed by atoms with Gasteiger partial charge in [-0.25, -0.2) is 4.98 Å². The van der Waals surface area contributed by atoms with Gasteiger partial charge in [-0.05, 0) is 11.5 Å². The minimum Gasteiger partial charge on any atom is -0.250 e. The Morgan fingerprint density at radius 3 is 3.00 bits per heavy atom. The van der Waals surface area contributed by atoms with E-state index in [4.69, 9.17) is 0 Å². The Balaban J connectivity index is 2.44. The fourth-order valence-electron chi connectivity index (χ4n) is 0.566. The zero-order valence-electron chi connectivity index (χ0n) is 6.21. The quantitative estimate of drug-likeness (QED) is 0.684. The molecule has 0 atom stereocenters. The van der Waals surface area contributed by atoms with Gasteiger partial charge in [0.1, 0.15) is 5.82 Å². The van der Waals surface area contributed by atoms with E-state index in [0.29, 0.717) is 5.75 Å². The van der Waals surface area contributed by atoms with E-state index in [0.717, 1.165) is 16.6 Å². The lowest BCUT2D eigenvalue weighted by atomic mass is 10.5. The van der Waals surface area contributed by atoms with Crippen LogP contribution in [0.1, 0.15) is 12.7 Å². The molecular weight excluding hydrogens is 183 g/mol. The van der Waals surface area contributed by atoms with Gasteiger partial charge in [0.2, 0.25) is 0 Å². The summed E-state index contributed by atoms with van der Waals surface area (Å²) in [6, 6.07) is 0. The number of hydrogen-bond donors (Lipinski definition) is 0. The van der Waals surface area contributed by atoms with Crippen LogP contribution >= 0.6 is 23.3 Å². The summed E-state index contributed by atoms with van der Waals surface area (Å²) in [4.78, 5) is 4.17. The molecule has 62 valence electrons. The Morgan fingerprint density at radius 2 is 2.45 bits per heavy atom. The predicted molar refractivity (Wildman–Crippen MR) is 46.0 cm³/mol. The van der Waals surface area contributed by atoms with E-state index >= 15 is 0 Å². The van der Waals surface area contributed by atoms with Crippen molar-refractivity contribution in [3.05, 3.63) is 5.82 Å². The van der Waals surface area contributed by atoms with Crippen LogP contribution in [0.4, 0.5) is 4.39 Å². The average Bonchev–Trinajstić information content (AvgIpc) is 2.48. The summed E-state index contributed by atoms with van der Waals surface area (Å²) in [7, 11) is 0. The molecule has 2 nitrogen and oxygen atoms in total. The summed E-state index contributed by atoms with van der Waals surface area (Å²) in [6.45, 7) is 1.71. The van der Waals surface area contributed by atoms with E-state index in [1.165, 1.54) is 23.3 Å². The zero-order valence-corrected chi connectivity index (χ0v) is 7.84. The molecule has 0 fully saturated rings. The summed E-state index contributed by atoms with van der Waals surface area (Å²) in [5.74, 6) is 1.34. The minimum atomic E-state index is -0.300. The molecule has 5 heteroatoms. The molecule has 1 rings (SSSR count). The van der Waals surface area contributed by atoms with E-state index in [-0.39, 0.29) is 6.67 Å². The molecule has 0 saturated heterocycles. The van der Waals surface area contributed by atoms with Crippen LogP contribution in [0.25, 0.3) is 0 Å². The molecule has 0 radical (unpaired) electrons. The largest absolute Gasteiger partial charge is 0.250 e. The summed E-state index contributed by atoms with van der Waals surface area (Å²) >= 11 is 2.78. The Kier molecular flexibility index (Phi) is 3.79. The maximum Gasteiger partial charge on any atom is 0.170 e. The molecule has 0 aliphatic heterocycles. The first-order valence-corrected chi connectivity index (χ1v) is 5.14. The number of thioether (sulfide) groups is 1. The van der Waals surface area contributed by atoms with Crippen molar-refractivity contribution in [2.75, 3.05) is 12.4 Å². The van der Waals surface area contributed by atoms with E-state index in [1.54, 1.807) is 0 Å². The Hall–Kier alpha value is -0.160. The SMILES string of the molecule is CCc1nsc(SCCF)n1. The fourth-order valence-corrected chi connectivity index (χ4v) is 2.06. The molecular formula is C6H9FN2S2. The van der Waals surface area contributed by atoms with Crippen molar-refractivity contribution in [2.45, 2.75) is 17.7 Å². The van der Waals surface area contributed by atoms with E-state index in [9.17, 15) is 4.39 Å². The van der Waals surface area contributed by atoms with Crippen LogP contribution in [-0.2, 0) is 6.42 Å². The van der Waals surface area contributed by atoms with Gasteiger partial charge in [-0.2, -0.15) is 4.37 Å². The molecule has 11 heavy (non-hydrogen) atoms. The van der Waals surface area contributed by atoms with Gasteiger partial charge in [0.25, 0.3) is 0 Å². The van der Waals surface area contributed by atoms with Gasteiger partial charge in [-0.1, -0.05) is 18.7 Å². The van der Waals surface area contributed by atoms with Crippen LogP contribution in [0.15, 0.2) is 4.34 Å². The van der Waals surface area contributed by atoms with Gasteiger partial charge in [0, 0.05) is 12.2 Å². The second-order valence-corrected chi connectivity index (χ2v) is 3.96. The van der Waals surface area contributed by atoms with Crippen molar-refractivity contribution in [3.63, 3.8) is 0 Å². The number of aryl methyl sites for hydroxylation is 1. The molecule has 0 aliphatic carbocycles. The highest BCUT2D eigenvalue weighted by molar-refractivity contribution is 8.00. The van der Waals surface area contributed by atoms with Gasteiger partial charge in [0.05, 0.1) is 6.67 Å². The number of rotatable bonds is 4. The molecule has 1 aromatic heterocycles. The maximum absolute atomic E-state index is 11.7. The molecule has 1 heterocycles. The van der Waals surface area contributed by atoms with Gasteiger partial charge in [0.15, 0.2) is 4.34 Å². The van der Waals surface area contributed by atoms with Crippen molar-refractivity contribution in [3.8, 4) is 0 Å². The van der Waals surface area contributed by atoms with Crippen molar-refractivity contribution < 1.29 is 4.39 Å². The van der Waals surface area contributed by atoms with Crippen molar-refractivity contribution in [2.24, 2.45) is 0 Å². The summed E-state index contributed by atoms with van der Waals surface area (Å²) in [5.41, 5.74) is 0. The van der Waals surface area contributed by atoms with Crippen molar-refractivity contribution >= 4 is 23.3 Å². The van der Waals surface area contributed by atoms with Crippen molar-refractivity contribution in [1.29, 1.82) is 0 Å². The Morgan fingerprint density at radius 1 is 1.64 bits per heavy atom. The number of hydrogen-bond acceptors (Lipinski definition) is 4. The fraction of sp³-hybridized carbons (Fsp3) is 0.667. The van der Waals surface area contributed by atoms with E-state index < -0.39 is 0 Å². The third-order valence-corrected chi connectivity index (χ3v) is 2.89. The van der Waals surface area contributed by atoms with Crippen LogP contribution in [0.3, 0.4) is 0 Å². The van der Waals surface area contributed by atoms with Gasteiger partial charge < -0.3 is 0 Å². The highest BCUT2D eigenvalue weighted by Crippen LogP contribution is 2.19. The third kappa shape index (κ3) is 2.75. The second kappa shape index (κ2) is 4.66. The summed E-state index contributed by atoms with van der Waals surface area (Å²) < 4.78 is 16.7. The topological polar surface area (TPSA) is 25.8 Å². The Labute approximate surface area is 73.4 Å². The lowest BCUT2D eigenvalue weighted by Crippen LogP contribution is -1.82. The minimum absolute atomic E-state index is 0.300. The van der Waals surface area contributed by atoms with Crippen LogP contribution in [0.5, 0.6) is 0 Å². The average molecular weight is 192 g/mol. The zero-order chi connectivity index (χ0) is 8.10. The first-order chi connectivity index (χ1) is 5.36. The van der Waals surface area contributed by atoms with Crippen LogP contribution in [0, 0.1) is 0 Å². The predicted octanol–water partition coefficient (Wildman–Crippen LogP) is 2.16. The lowest BCUT2D eigenvalue weighted by molar-refractivity contribution is 0.533. The molecule has 0 saturated carbocycles. The summed E-state index contributed by atoms with van der Waals surface area (Å²) in [6.07, 6.45) is 0.854. The highest BCUT2D eigenvalue weighted by Gasteiger charge is 2.01. The summed E-state index contributed by atoms with van der Waals surface area (Å²) in [5, 5.41) is 0. The smallest absolute Gasteiger partial charge is 0.170 e. The number of halogens is 1. The molecule has 0 bridgehead atoms. The van der Waals surface area contributed by atoms with Crippen LogP contribution in [-0.4, -0.2) is 21.8 Å². The molecule has 0 aromatic carbocycles. The second-order valence-electron chi connectivity index (χ2n) is 1.87. The lowest BCUT2D eigenvalue weighted by Gasteiger charge is -1.87. The molecule has 1 aromatic rings. The van der Waals surface area contributed by atoms with E-state index in [1.807, 2.05) is 6.92 Å². The van der Waals surface area contributed by atoms with Crippen LogP contribution < -0.4 is 0 Å².